The summed E-state index contributed by atoms with van der Waals surface area (Å²) in [7, 11) is 1.91. The van der Waals surface area contributed by atoms with Crippen molar-refractivity contribution >= 4 is 16.8 Å². The van der Waals surface area contributed by atoms with E-state index in [0.29, 0.717) is 24.6 Å². The molecule has 2 aromatic carbocycles. The van der Waals surface area contributed by atoms with Crippen LogP contribution >= 0.6 is 0 Å². The van der Waals surface area contributed by atoms with E-state index < -0.39 is 0 Å². The van der Waals surface area contributed by atoms with Gasteiger partial charge in [0.25, 0.3) is 0 Å². The van der Waals surface area contributed by atoms with Crippen LogP contribution < -0.4 is 0 Å². The molecule has 208 valence electrons. The number of rotatable bonds is 5. The quantitative estimate of drug-likeness (QED) is 0.376. The summed E-state index contributed by atoms with van der Waals surface area (Å²) >= 11 is 0. The molecule has 1 spiro atoms. The number of likely N-dealkylation sites (tertiary alicyclic amines) is 1. The summed E-state index contributed by atoms with van der Waals surface area (Å²) in [6, 6.07) is 13.2. The number of H-pyrrole nitrogens is 1. The van der Waals surface area contributed by atoms with Crippen LogP contribution in [0.2, 0.25) is 0 Å². The number of aromatic nitrogens is 3. The monoisotopic (exact) mass is 541 g/mol. The number of carbonyl (C=O) groups excluding carboxylic acids is 1. The molecule has 0 radical (unpaired) electrons. The fourth-order valence-electron chi connectivity index (χ4n) is 7.24. The van der Waals surface area contributed by atoms with Crippen LogP contribution in [0.15, 0.2) is 54.9 Å². The first-order valence-electron chi connectivity index (χ1n) is 14.5. The molecule has 1 unspecified atom stereocenters. The maximum absolute atomic E-state index is 14.8. The highest BCUT2D eigenvalue weighted by Gasteiger charge is 2.48. The maximum Gasteiger partial charge on any atom is 0.225 e. The minimum absolute atomic E-state index is 0.0634. The minimum Gasteiger partial charge on any atom is -0.394 e. The predicted molar refractivity (Wildman–Crippen MR) is 152 cm³/mol. The summed E-state index contributed by atoms with van der Waals surface area (Å²) in [6.45, 7) is 2.52. The largest absolute Gasteiger partial charge is 0.394 e. The molecule has 2 aromatic heterocycles. The van der Waals surface area contributed by atoms with Gasteiger partial charge in [-0.05, 0) is 48.9 Å². The molecule has 1 saturated carbocycles. The minimum atomic E-state index is -0.274. The Balaban J connectivity index is 1.30. The fourth-order valence-corrected chi connectivity index (χ4v) is 7.24. The van der Waals surface area contributed by atoms with E-state index in [1.54, 1.807) is 10.7 Å². The van der Waals surface area contributed by atoms with Crippen molar-refractivity contribution in [3.05, 3.63) is 77.5 Å². The number of amides is 1. The molecule has 7 rings (SSSR count). The molecule has 7 nitrogen and oxygen atoms in total. The third-order valence-electron chi connectivity index (χ3n) is 9.67. The SMILES string of the molecule is Cn1cc(-c2ccc3c4c([nH]c3c2)C(CO)N(Cc2ccccc2F)CC42CCN(C(=O)C3CCC3)CC2)cn1. The second kappa shape index (κ2) is 9.85. The Morgan fingerprint density at radius 3 is 2.62 bits per heavy atom. The molecule has 4 aromatic rings. The smallest absolute Gasteiger partial charge is 0.225 e. The zero-order valence-electron chi connectivity index (χ0n) is 22.9. The van der Waals surface area contributed by atoms with Gasteiger partial charge in [0, 0.05) is 78.5 Å². The standard InChI is InChI=1S/C32H36FN5O2/c1-36-17-24(16-34-36)22-9-10-25-27(15-22)35-30-28(19-39)38(18-23-5-2-3-8-26(23)33)20-32(29(25)30)11-13-37(14-12-32)31(40)21-6-4-7-21/h2-3,5,8-10,15-17,21,28,35,39H,4,6-7,11-14,18-20H2,1H3. The highest BCUT2D eigenvalue weighted by atomic mass is 19.1. The van der Waals surface area contributed by atoms with Gasteiger partial charge in [-0.25, -0.2) is 4.39 Å². The van der Waals surface area contributed by atoms with Crippen LogP contribution in [0, 0.1) is 11.7 Å². The van der Waals surface area contributed by atoms with Crippen LogP contribution in [0.25, 0.3) is 22.0 Å². The zero-order chi connectivity index (χ0) is 27.4. The van der Waals surface area contributed by atoms with Crippen LogP contribution in [0.1, 0.15) is 55.0 Å². The zero-order valence-corrected chi connectivity index (χ0v) is 22.9. The summed E-state index contributed by atoms with van der Waals surface area (Å²) in [5, 5.41) is 16.2. The molecular weight excluding hydrogens is 505 g/mol. The average Bonchev–Trinajstić information content (AvgIpc) is 3.53. The molecule has 1 aliphatic carbocycles. The van der Waals surface area contributed by atoms with Crippen molar-refractivity contribution in [3.8, 4) is 11.1 Å². The normalized spacial score (nSPS) is 21.1. The van der Waals surface area contributed by atoms with Crippen LogP contribution in [-0.2, 0) is 23.8 Å². The molecule has 0 bridgehead atoms. The Kier molecular flexibility index (Phi) is 6.28. The third kappa shape index (κ3) is 4.16. The summed E-state index contributed by atoms with van der Waals surface area (Å²) in [5.41, 5.74) is 5.88. The third-order valence-corrected chi connectivity index (χ3v) is 9.67. The number of benzene rings is 2. The van der Waals surface area contributed by atoms with E-state index in [2.05, 4.69) is 38.1 Å². The van der Waals surface area contributed by atoms with Crippen LogP contribution in [0.5, 0.6) is 0 Å². The number of hydrogen-bond donors (Lipinski definition) is 2. The molecule has 2 aliphatic heterocycles. The van der Waals surface area contributed by atoms with Gasteiger partial charge in [-0.2, -0.15) is 5.10 Å². The van der Waals surface area contributed by atoms with E-state index in [0.717, 1.165) is 67.5 Å². The molecule has 2 fully saturated rings. The van der Waals surface area contributed by atoms with Gasteiger partial charge in [-0.3, -0.25) is 14.4 Å². The van der Waals surface area contributed by atoms with Gasteiger partial charge in [-0.1, -0.05) is 36.8 Å². The number of aliphatic hydroxyl groups excluding tert-OH is 1. The van der Waals surface area contributed by atoms with Crippen molar-refractivity contribution in [2.75, 3.05) is 26.2 Å². The van der Waals surface area contributed by atoms with Crippen molar-refractivity contribution < 1.29 is 14.3 Å². The topological polar surface area (TPSA) is 77.4 Å². The number of nitrogens with zero attached hydrogens (tertiary/aromatic N) is 4. The van der Waals surface area contributed by atoms with Gasteiger partial charge < -0.3 is 15.0 Å². The molecule has 40 heavy (non-hydrogen) atoms. The van der Waals surface area contributed by atoms with Crippen molar-refractivity contribution in [3.63, 3.8) is 0 Å². The van der Waals surface area contributed by atoms with Gasteiger partial charge in [0.15, 0.2) is 0 Å². The molecule has 8 heteroatoms. The highest BCUT2D eigenvalue weighted by Crippen LogP contribution is 2.49. The van der Waals surface area contributed by atoms with Gasteiger partial charge in [0.1, 0.15) is 5.82 Å². The predicted octanol–water partition coefficient (Wildman–Crippen LogP) is 4.92. The number of nitrogens with one attached hydrogen (secondary N) is 1. The molecule has 1 saturated heterocycles. The lowest BCUT2D eigenvalue weighted by molar-refractivity contribution is -0.140. The molecule has 4 heterocycles. The molecule has 3 aliphatic rings. The van der Waals surface area contributed by atoms with Crippen molar-refractivity contribution in [1.82, 2.24) is 24.6 Å². The van der Waals surface area contributed by atoms with E-state index in [9.17, 15) is 14.3 Å². The highest BCUT2D eigenvalue weighted by molar-refractivity contribution is 5.90. The van der Waals surface area contributed by atoms with E-state index in [1.807, 2.05) is 31.6 Å². The second-order valence-electron chi connectivity index (χ2n) is 12.0. The lowest BCUT2D eigenvalue weighted by atomic mass is 9.68. The first-order chi connectivity index (χ1) is 19.5. The Morgan fingerprint density at radius 1 is 1.15 bits per heavy atom. The lowest BCUT2D eigenvalue weighted by Crippen LogP contribution is -2.55. The van der Waals surface area contributed by atoms with Crippen molar-refractivity contribution in [2.24, 2.45) is 13.0 Å². The Hall–Kier alpha value is -3.49. The first kappa shape index (κ1) is 25.5. The maximum atomic E-state index is 14.8. The summed E-state index contributed by atoms with van der Waals surface area (Å²) in [4.78, 5) is 21.1. The Bertz CT molecular complexity index is 1560. The lowest BCUT2D eigenvalue weighted by Gasteiger charge is -2.50. The van der Waals surface area contributed by atoms with Gasteiger partial charge >= 0.3 is 0 Å². The number of hydrogen-bond acceptors (Lipinski definition) is 4. The van der Waals surface area contributed by atoms with Crippen LogP contribution in [0.3, 0.4) is 0 Å². The molecular formula is C32H36FN5O2. The van der Waals surface area contributed by atoms with E-state index in [-0.39, 0.29) is 29.8 Å². The molecule has 1 amide bonds. The number of piperidine rings is 1. The summed E-state index contributed by atoms with van der Waals surface area (Å²) in [6.07, 6.45) is 8.76. The Labute approximate surface area is 233 Å². The summed E-state index contributed by atoms with van der Waals surface area (Å²) in [5.74, 6) is 0.289. The number of halogens is 1. The van der Waals surface area contributed by atoms with Gasteiger partial charge in [0.2, 0.25) is 5.91 Å². The van der Waals surface area contributed by atoms with Crippen LogP contribution in [-0.4, -0.2) is 61.8 Å². The number of aromatic amines is 1. The van der Waals surface area contributed by atoms with Crippen molar-refractivity contribution in [2.45, 2.75) is 50.1 Å². The number of aryl methyl sites for hydroxylation is 1. The fraction of sp³-hybridized carbons (Fsp3) is 0.438. The Morgan fingerprint density at radius 2 is 1.95 bits per heavy atom. The number of fused-ring (bicyclic) bond motifs is 4. The molecule has 2 N–H and O–H groups in total. The van der Waals surface area contributed by atoms with E-state index in [1.165, 1.54) is 17.0 Å². The van der Waals surface area contributed by atoms with E-state index >= 15 is 0 Å². The molecule has 1 atom stereocenters. The van der Waals surface area contributed by atoms with Gasteiger partial charge in [0.05, 0.1) is 18.8 Å². The second-order valence-corrected chi connectivity index (χ2v) is 12.0. The average molecular weight is 542 g/mol. The van der Waals surface area contributed by atoms with E-state index in [4.69, 9.17) is 0 Å². The van der Waals surface area contributed by atoms with Crippen LogP contribution in [0.4, 0.5) is 4.39 Å². The first-order valence-corrected chi connectivity index (χ1v) is 14.5. The number of aliphatic hydroxyl groups is 1. The summed E-state index contributed by atoms with van der Waals surface area (Å²) < 4.78 is 16.6. The number of carbonyl (C=O) groups is 1. The van der Waals surface area contributed by atoms with Crippen molar-refractivity contribution in [1.29, 1.82) is 0 Å². The van der Waals surface area contributed by atoms with Gasteiger partial charge in [-0.15, -0.1) is 0 Å².